The summed E-state index contributed by atoms with van der Waals surface area (Å²) in [5.41, 5.74) is 1.49. The fourth-order valence-electron chi connectivity index (χ4n) is 3.44. The second kappa shape index (κ2) is 7.65. The molecule has 2 rings (SSSR count). The van der Waals surface area contributed by atoms with Crippen molar-refractivity contribution in [1.29, 1.82) is 0 Å². The molecule has 0 amide bonds. The van der Waals surface area contributed by atoms with E-state index >= 15 is 0 Å². The summed E-state index contributed by atoms with van der Waals surface area (Å²) in [6.45, 7) is 7.75. The predicted molar refractivity (Wildman–Crippen MR) is 93.1 cm³/mol. The van der Waals surface area contributed by atoms with Crippen LogP contribution in [0.5, 0.6) is 0 Å². The molecule has 0 bridgehead atoms. The molecule has 0 heterocycles. The summed E-state index contributed by atoms with van der Waals surface area (Å²) >= 11 is 6.50. The topological polar surface area (TPSA) is 12.0 Å². The van der Waals surface area contributed by atoms with Gasteiger partial charge in [0.15, 0.2) is 0 Å². The predicted octanol–water partition coefficient (Wildman–Crippen LogP) is 5.78. The zero-order chi connectivity index (χ0) is 15.3. The molecule has 1 saturated carbocycles. The molecule has 1 aromatic rings. The normalized spacial score (nSPS) is 19.2. The first kappa shape index (κ1) is 16.8. The molecule has 1 unspecified atom stereocenters. The highest BCUT2D eigenvalue weighted by molar-refractivity contribution is 6.31. The Morgan fingerprint density at radius 3 is 2.29 bits per heavy atom. The van der Waals surface area contributed by atoms with Crippen molar-refractivity contribution < 1.29 is 0 Å². The first-order valence-electron chi connectivity index (χ1n) is 8.47. The van der Waals surface area contributed by atoms with Gasteiger partial charge in [0, 0.05) is 23.0 Å². The molecule has 1 aliphatic carbocycles. The van der Waals surface area contributed by atoms with Crippen LogP contribution in [0.15, 0.2) is 24.3 Å². The van der Waals surface area contributed by atoms with E-state index in [1.807, 2.05) is 12.1 Å². The number of nitrogens with one attached hydrogen (secondary N) is 1. The Morgan fingerprint density at radius 2 is 1.71 bits per heavy atom. The van der Waals surface area contributed by atoms with Crippen molar-refractivity contribution in [3.8, 4) is 0 Å². The monoisotopic (exact) mass is 307 g/mol. The van der Waals surface area contributed by atoms with Crippen LogP contribution in [-0.2, 0) is 0 Å². The molecule has 0 aromatic heterocycles. The van der Waals surface area contributed by atoms with E-state index in [-0.39, 0.29) is 5.54 Å². The minimum absolute atomic E-state index is 0.157. The van der Waals surface area contributed by atoms with E-state index in [2.05, 4.69) is 38.2 Å². The van der Waals surface area contributed by atoms with Gasteiger partial charge in [-0.15, -0.1) is 0 Å². The molecule has 1 fully saturated rings. The van der Waals surface area contributed by atoms with Gasteiger partial charge in [-0.1, -0.05) is 55.5 Å². The third kappa shape index (κ3) is 5.30. The summed E-state index contributed by atoms with van der Waals surface area (Å²) in [7, 11) is 0. The van der Waals surface area contributed by atoms with Gasteiger partial charge in [-0.25, -0.2) is 0 Å². The maximum absolute atomic E-state index is 6.50. The van der Waals surface area contributed by atoms with Crippen LogP contribution in [0.2, 0.25) is 5.02 Å². The van der Waals surface area contributed by atoms with Gasteiger partial charge in [-0.2, -0.15) is 0 Å². The highest BCUT2D eigenvalue weighted by atomic mass is 35.5. The van der Waals surface area contributed by atoms with E-state index in [0.29, 0.717) is 5.92 Å². The maximum Gasteiger partial charge on any atom is 0.0441 e. The number of hydrogen-bond acceptors (Lipinski definition) is 1. The van der Waals surface area contributed by atoms with Crippen molar-refractivity contribution >= 4 is 11.6 Å². The molecule has 0 radical (unpaired) electrons. The molecular weight excluding hydrogens is 278 g/mol. The smallest absolute Gasteiger partial charge is 0.0441 e. The quantitative estimate of drug-likeness (QED) is 0.695. The van der Waals surface area contributed by atoms with Crippen LogP contribution < -0.4 is 5.32 Å². The van der Waals surface area contributed by atoms with Crippen LogP contribution >= 0.6 is 11.6 Å². The molecule has 1 N–H and O–H groups in total. The van der Waals surface area contributed by atoms with E-state index in [4.69, 9.17) is 11.6 Å². The Labute approximate surface area is 135 Å². The summed E-state index contributed by atoms with van der Waals surface area (Å²) in [5.74, 6) is 1.30. The zero-order valence-corrected chi connectivity index (χ0v) is 14.5. The second-order valence-corrected chi connectivity index (χ2v) is 7.92. The van der Waals surface area contributed by atoms with Gasteiger partial charge < -0.3 is 5.32 Å². The fraction of sp³-hybridized carbons (Fsp3) is 0.684. The SMILES string of the molecule is CC(C)(C)NCC(c1ccccc1Cl)C1CCCCCC1. The van der Waals surface area contributed by atoms with Crippen molar-refractivity contribution in [2.75, 3.05) is 6.54 Å². The number of halogens is 1. The molecule has 1 nitrogen and oxygen atoms in total. The van der Waals surface area contributed by atoms with Gasteiger partial charge in [-0.3, -0.25) is 0 Å². The van der Waals surface area contributed by atoms with Gasteiger partial charge in [-0.05, 0) is 51.2 Å². The summed E-state index contributed by atoms with van der Waals surface area (Å²) < 4.78 is 0. The lowest BCUT2D eigenvalue weighted by Crippen LogP contribution is -2.40. The Balaban J connectivity index is 2.18. The van der Waals surface area contributed by atoms with Crippen molar-refractivity contribution in [2.45, 2.75) is 70.8 Å². The fourth-order valence-corrected chi connectivity index (χ4v) is 3.71. The van der Waals surface area contributed by atoms with Crippen molar-refractivity contribution in [3.05, 3.63) is 34.9 Å². The first-order valence-corrected chi connectivity index (χ1v) is 8.84. The summed E-state index contributed by atoms with van der Waals surface area (Å²) in [6.07, 6.45) is 8.25. The zero-order valence-electron chi connectivity index (χ0n) is 13.8. The van der Waals surface area contributed by atoms with Gasteiger partial charge in [0.2, 0.25) is 0 Å². The Kier molecular flexibility index (Phi) is 6.13. The Bertz CT molecular complexity index is 427. The van der Waals surface area contributed by atoms with Gasteiger partial charge in [0.25, 0.3) is 0 Å². The highest BCUT2D eigenvalue weighted by Gasteiger charge is 2.26. The van der Waals surface area contributed by atoms with Crippen molar-refractivity contribution in [3.63, 3.8) is 0 Å². The van der Waals surface area contributed by atoms with Gasteiger partial charge in [0.05, 0.1) is 0 Å². The van der Waals surface area contributed by atoms with E-state index in [0.717, 1.165) is 17.5 Å². The maximum atomic E-state index is 6.50. The molecule has 0 aliphatic heterocycles. The number of rotatable bonds is 4. The average molecular weight is 308 g/mol. The number of hydrogen-bond donors (Lipinski definition) is 1. The molecule has 2 heteroatoms. The van der Waals surface area contributed by atoms with Crippen LogP contribution in [0.25, 0.3) is 0 Å². The van der Waals surface area contributed by atoms with Crippen LogP contribution in [0.3, 0.4) is 0 Å². The molecule has 1 atom stereocenters. The van der Waals surface area contributed by atoms with E-state index in [1.165, 1.54) is 44.1 Å². The van der Waals surface area contributed by atoms with Crippen LogP contribution in [-0.4, -0.2) is 12.1 Å². The third-order valence-corrected chi connectivity index (χ3v) is 4.97. The highest BCUT2D eigenvalue weighted by Crippen LogP contribution is 2.37. The average Bonchev–Trinajstić information content (AvgIpc) is 2.69. The number of benzene rings is 1. The van der Waals surface area contributed by atoms with Crippen molar-refractivity contribution in [1.82, 2.24) is 5.32 Å². The Hall–Kier alpha value is -0.530. The van der Waals surface area contributed by atoms with Gasteiger partial charge >= 0.3 is 0 Å². The first-order chi connectivity index (χ1) is 9.97. The van der Waals surface area contributed by atoms with E-state index in [9.17, 15) is 0 Å². The van der Waals surface area contributed by atoms with Crippen molar-refractivity contribution in [2.24, 2.45) is 5.92 Å². The lowest BCUT2D eigenvalue weighted by Gasteiger charge is -2.31. The van der Waals surface area contributed by atoms with Gasteiger partial charge in [0.1, 0.15) is 0 Å². The second-order valence-electron chi connectivity index (χ2n) is 7.51. The van der Waals surface area contributed by atoms with Crippen LogP contribution in [0.1, 0.15) is 70.8 Å². The standard InChI is InChI=1S/C19H30ClN/c1-19(2,3)21-14-17(15-10-6-4-5-7-11-15)16-12-8-9-13-18(16)20/h8-9,12-13,15,17,21H,4-7,10-11,14H2,1-3H3. The minimum atomic E-state index is 0.157. The summed E-state index contributed by atoms with van der Waals surface area (Å²) in [5, 5.41) is 4.64. The molecule has 0 spiro atoms. The summed E-state index contributed by atoms with van der Waals surface area (Å²) in [6, 6.07) is 8.43. The minimum Gasteiger partial charge on any atom is -0.311 e. The molecule has 1 aromatic carbocycles. The van der Waals surface area contributed by atoms with Crippen LogP contribution in [0.4, 0.5) is 0 Å². The third-order valence-electron chi connectivity index (χ3n) is 4.63. The van der Waals surface area contributed by atoms with E-state index < -0.39 is 0 Å². The largest absolute Gasteiger partial charge is 0.311 e. The lowest BCUT2D eigenvalue weighted by molar-refractivity contribution is 0.324. The van der Waals surface area contributed by atoms with Crippen LogP contribution in [0, 0.1) is 5.92 Å². The molecule has 1 aliphatic rings. The molecule has 118 valence electrons. The summed E-state index contributed by atoms with van der Waals surface area (Å²) in [4.78, 5) is 0. The lowest BCUT2D eigenvalue weighted by atomic mass is 9.81. The van der Waals surface area contributed by atoms with E-state index in [1.54, 1.807) is 0 Å². The Morgan fingerprint density at radius 1 is 1.10 bits per heavy atom. The molecule has 21 heavy (non-hydrogen) atoms. The molecular formula is C19H30ClN. The molecule has 0 saturated heterocycles.